The third kappa shape index (κ3) is 0.959. The van der Waals surface area contributed by atoms with E-state index >= 15 is 0 Å². The van der Waals surface area contributed by atoms with Crippen molar-refractivity contribution in [1.29, 1.82) is 0 Å². The average molecular weight is 168 g/mol. The SMILES string of the molecule is CC1(C)C(N)CC(=O)N1C1CC1. The van der Waals surface area contributed by atoms with E-state index in [1.165, 1.54) is 12.8 Å². The summed E-state index contributed by atoms with van der Waals surface area (Å²) in [5.41, 5.74) is 5.78. The van der Waals surface area contributed by atoms with Gasteiger partial charge in [-0.05, 0) is 26.7 Å². The molecule has 1 saturated heterocycles. The van der Waals surface area contributed by atoms with Crippen molar-refractivity contribution in [3.8, 4) is 0 Å². The normalized spacial score (nSPS) is 34.4. The average Bonchev–Trinajstić information content (AvgIpc) is 2.67. The number of amides is 1. The van der Waals surface area contributed by atoms with Crippen molar-refractivity contribution in [1.82, 2.24) is 4.90 Å². The Morgan fingerprint density at radius 2 is 2.08 bits per heavy atom. The lowest BCUT2D eigenvalue weighted by Gasteiger charge is -2.34. The minimum atomic E-state index is -0.113. The second-order valence-electron chi connectivity index (χ2n) is 4.46. The molecule has 3 nitrogen and oxygen atoms in total. The number of likely N-dealkylation sites (tertiary alicyclic amines) is 1. The van der Waals surface area contributed by atoms with Crippen molar-refractivity contribution >= 4 is 5.91 Å². The summed E-state index contributed by atoms with van der Waals surface area (Å²) in [6.45, 7) is 4.14. The molecular weight excluding hydrogens is 152 g/mol. The summed E-state index contributed by atoms with van der Waals surface area (Å²) in [6.07, 6.45) is 2.87. The molecule has 1 heterocycles. The number of carbonyl (C=O) groups is 1. The molecule has 12 heavy (non-hydrogen) atoms. The van der Waals surface area contributed by atoms with E-state index < -0.39 is 0 Å². The highest BCUT2D eigenvalue weighted by molar-refractivity contribution is 5.81. The van der Waals surface area contributed by atoms with Crippen molar-refractivity contribution in [3.05, 3.63) is 0 Å². The van der Waals surface area contributed by atoms with Gasteiger partial charge in [-0.2, -0.15) is 0 Å². The first-order chi connectivity index (χ1) is 5.53. The van der Waals surface area contributed by atoms with Crippen LogP contribution in [-0.2, 0) is 4.79 Å². The largest absolute Gasteiger partial charge is 0.333 e. The molecule has 2 rings (SSSR count). The number of hydrogen-bond donors (Lipinski definition) is 1. The van der Waals surface area contributed by atoms with Crippen molar-refractivity contribution in [2.24, 2.45) is 5.73 Å². The number of rotatable bonds is 1. The van der Waals surface area contributed by atoms with Gasteiger partial charge >= 0.3 is 0 Å². The highest BCUT2D eigenvalue weighted by atomic mass is 16.2. The van der Waals surface area contributed by atoms with Crippen molar-refractivity contribution in [3.63, 3.8) is 0 Å². The lowest BCUT2D eigenvalue weighted by Crippen LogP contribution is -2.50. The van der Waals surface area contributed by atoms with Gasteiger partial charge in [0.1, 0.15) is 0 Å². The Labute approximate surface area is 72.9 Å². The van der Waals surface area contributed by atoms with Crippen LogP contribution < -0.4 is 5.73 Å². The molecule has 0 spiro atoms. The van der Waals surface area contributed by atoms with Crippen LogP contribution >= 0.6 is 0 Å². The molecule has 0 radical (unpaired) electrons. The van der Waals surface area contributed by atoms with Gasteiger partial charge in [-0.3, -0.25) is 4.79 Å². The van der Waals surface area contributed by atoms with E-state index in [0.29, 0.717) is 12.5 Å². The Morgan fingerprint density at radius 3 is 2.42 bits per heavy atom. The smallest absolute Gasteiger partial charge is 0.224 e. The molecule has 0 aromatic heterocycles. The van der Waals surface area contributed by atoms with E-state index in [1.807, 2.05) is 4.90 Å². The predicted molar refractivity (Wildman–Crippen MR) is 46.5 cm³/mol. The fourth-order valence-corrected chi connectivity index (χ4v) is 2.04. The van der Waals surface area contributed by atoms with E-state index in [0.717, 1.165) is 0 Å². The van der Waals surface area contributed by atoms with Gasteiger partial charge in [0.2, 0.25) is 5.91 Å². The Morgan fingerprint density at radius 1 is 1.50 bits per heavy atom. The van der Waals surface area contributed by atoms with Gasteiger partial charge in [0.25, 0.3) is 0 Å². The maximum atomic E-state index is 11.5. The highest BCUT2D eigenvalue weighted by Gasteiger charge is 2.50. The summed E-state index contributed by atoms with van der Waals surface area (Å²) in [6, 6.07) is 0.520. The van der Waals surface area contributed by atoms with Crippen molar-refractivity contribution in [2.45, 2.75) is 50.7 Å². The van der Waals surface area contributed by atoms with Crippen LogP contribution in [0.5, 0.6) is 0 Å². The first-order valence-electron chi connectivity index (χ1n) is 4.61. The summed E-state index contributed by atoms with van der Waals surface area (Å²) < 4.78 is 0. The van der Waals surface area contributed by atoms with Gasteiger partial charge in [-0.15, -0.1) is 0 Å². The molecule has 0 aromatic rings. The van der Waals surface area contributed by atoms with Crippen LogP contribution in [-0.4, -0.2) is 28.4 Å². The Hall–Kier alpha value is -0.570. The van der Waals surface area contributed by atoms with E-state index in [9.17, 15) is 4.79 Å². The third-order valence-electron chi connectivity index (χ3n) is 3.10. The van der Waals surface area contributed by atoms with Crippen molar-refractivity contribution < 1.29 is 4.79 Å². The number of hydrogen-bond acceptors (Lipinski definition) is 2. The quantitative estimate of drug-likeness (QED) is 0.619. The van der Waals surface area contributed by atoms with Crippen molar-refractivity contribution in [2.75, 3.05) is 0 Å². The summed E-state index contributed by atoms with van der Waals surface area (Å²) in [5, 5.41) is 0. The number of carbonyl (C=O) groups excluding carboxylic acids is 1. The van der Waals surface area contributed by atoms with Gasteiger partial charge in [0, 0.05) is 18.5 Å². The third-order valence-corrected chi connectivity index (χ3v) is 3.10. The lowest BCUT2D eigenvalue weighted by atomic mass is 9.97. The Kier molecular flexibility index (Phi) is 1.49. The highest BCUT2D eigenvalue weighted by Crippen LogP contribution is 2.39. The summed E-state index contributed by atoms with van der Waals surface area (Å²) in [7, 11) is 0. The molecule has 1 aliphatic heterocycles. The summed E-state index contributed by atoms with van der Waals surface area (Å²) >= 11 is 0. The topological polar surface area (TPSA) is 46.3 Å². The zero-order valence-corrected chi connectivity index (χ0v) is 7.71. The van der Waals surface area contributed by atoms with Crippen LogP contribution in [0.1, 0.15) is 33.1 Å². The minimum Gasteiger partial charge on any atom is -0.333 e. The van der Waals surface area contributed by atoms with E-state index in [4.69, 9.17) is 5.73 Å². The standard InChI is InChI=1S/C9H16N2O/c1-9(2)7(10)5-8(12)11(9)6-3-4-6/h6-7H,3-5,10H2,1-2H3. The van der Waals surface area contributed by atoms with Crippen LogP contribution in [0.3, 0.4) is 0 Å². The Balaban J connectivity index is 2.23. The fraction of sp³-hybridized carbons (Fsp3) is 0.889. The van der Waals surface area contributed by atoms with E-state index in [-0.39, 0.29) is 17.5 Å². The van der Waals surface area contributed by atoms with Gasteiger partial charge in [0.05, 0.1) is 5.54 Å². The predicted octanol–water partition coefficient (Wildman–Crippen LogP) is 0.487. The zero-order valence-electron chi connectivity index (χ0n) is 7.71. The van der Waals surface area contributed by atoms with Crippen LogP contribution in [0.4, 0.5) is 0 Å². The first kappa shape index (κ1) is 8.05. The van der Waals surface area contributed by atoms with E-state index in [2.05, 4.69) is 13.8 Å². The van der Waals surface area contributed by atoms with Gasteiger partial charge < -0.3 is 10.6 Å². The molecule has 1 aliphatic carbocycles. The van der Waals surface area contributed by atoms with Crippen LogP contribution in [0.2, 0.25) is 0 Å². The minimum absolute atomic E-state index is 0.0191. The molecule has 1 saturated carbocycles. The second-order valence-corrected chi connectivity index (χ2v) is 4.46. The maximum Gasteiger partial charge on any atom is 0.224 e. The molecule has 0 bridgehead atoms. The molecule has 1 amide bonds. The molecule has 2 N–H and O–H groups in total. The molecule has 1 atom stereocenters. The van der Waals surface area contributed by atoms with Crippen LogP contribution in [0, 0.1) is 0 Å². The summed E-state index contributed by atoms with van der Waals surface area (Å²) in [4.78, 5) is 13.5. The van der Waals surface area contributed by atoms with Crippen LogP contribution in [0.25, 0.3) is 0 Å². The van der Waals surface area contributed by atoms with Crippen LogP contribution in [0.15, 0.2) is 0 Å². The molecule has 2 aliphatic rings. The monoisotopic (exact) mass is 168 g/mol. The molecule has 0 aromatic carbocycles. The summed E-state index contributed by atoms with van der Waals surface area (Å²) in [5.74, 6) is 0.245. The fourth-order valence-electron chi connectivity index (χ4n) is 2.04. The molecule has 1 unspecified atom stereocenters. The van der Waals surface area contributed by atoms with Gasteiger partial charge in [0.15, 0.2) is 0 Å². The van der Waals surface area contributed by atoms with E-state index in [1.54, 1.807) is 0 Å². The second kappa shape index (κ2) is 2.22. The zero-order chi connectivity index (χ0) is 8.93. The maximum absolute atomic E-state index is 11.5. The first-order valence-corrected chi connectivity index (χ1v) is 4.61. The molecule has 2 fully saturated rings. The number of nitrogens with zero attached hydrogens (tertiary/aromatic N) is 1. The molecule has 68 valence electrons. The lowest BCUT2D eigenvalue weighted by molar-refractivity contribution is -0.131. The molecular formula is C9H16N2O. The van der Waals surface area contributed by atoms with Gasteiger partial charge in [-0.25, -0.2) is 0 Å². The Bertz CT molecular complexity index is 221. The molecule has 3 heteroatoms. The number of nitrogens with two attached hydrogens (primary N) is 1. The van der Waals surface area contributed by atoms with Gasteiger partial charge in [-0.1, -0.05) is 0 Å².